The Kier molecular flexibility index (Phi) is 3.88. The molecule has 2 rings (SSSR count). The van der Waals surface area contributed by atoms with Crippen molar-refractivity contribution in [1.82, 2.24) is 4.31 Å². The van der Waals surface area contributed by atoms with Gasteiger partial charge in [-0.25, -0.2) is 8.78 Å². The zero-order chi connectivity index (χ0) is 14.0. The summed E-state index contributed by atoms with van der Waals surface area (Å²) in [6.07, 6.45) is 0. The number of rotatable bonds is 3. The summed E-state index contributed by atoms with van der Waals surface area (Å²) >= 11 is 0. The number of anilines is 2. The van der Waals surface area contributed by atoms with Gasteiger partial charge >= 0.3 is 10.2 Å². The number of morpholine rings is 1. The molecule has 3 N–H and O–H groups in total. The molecular formula is C10H13F2N3O3S. The van der Waals surface area contributed by atoms with Crippen LogP contribution in [-0.4, -0.2) is 39.0 Å². The molecule has 0 aromatic heterocycles. The number of nitrogens with two attached hydrogens (primary N) is 1. The quantitative estimate of drug-likeness (QED) is 0.796. The lowest BCUT2D eigenvalue weighted by atomic mass is 10.2. The Balaban J connectivity index is 2.27. The molecule has 1 aromatic carbocycles. The van der Waals surface area contributed by atoms with Crippen LogP contribution in [0.5, 0.6) is 0 Å². The molecule has 0 aliphatic carbocycles. The maximum absolute atomic E-state index is 13.5. The molecule has 106 valence electrons. The summed E-state index contributed by atoms with van der Waals surface area (Å²) in [5, 5.41) is 0. The molecule has 0 bridgehead atoms. The highest BCUT2D eigenvalue weighted by molar-refractivity contribution is 7.90. The predicted molar refractivity (Wildman–Crippen MR) is 65.7 cm³/mol. The van der Waals surface area contributed by atoms with Crippen molar-refractivity contribution in [2.24, 2.45) is 0 Å². The van der Waals surface area contributed by atoms with Crippen LogP contribution in [-0.2, 0) is 14.9 Å². The third-order valence-corrected chi connectivity index (χ3v) is 4.18. The summed E-state index contributed by atoms with van der Waals surface area (Å²) in [5.74, 6) is -2.49. The lowest BCUT2D eigenvalue weighted by molar-refractivity contribution is 0.0733. The van der Waals surface area contributed by atoms with Crippen LogP contribution in [0, 0.1) is 11.6 Å². The highest BCUT2D eigenvalue weighted by Gasteiger charge is 2.26. The van der Waals surface area contributed by atoms with Crippen molar-refractivity contribution in [2.45, 2.75) is 0 Å². The van der Waals surface area contributed by atoms with E-state index in [0.29, 0.717) is 0 Å². The second-order valence-electron chi connectivity index (χ2n) is 3.94. The van der Waals surface area contributed by atoms with E-state index < -0.39 is 27.5 Å². The molecule has 0 amide bonds. The van der Waals surface area contributed by atoms with Crippen LogP contribution in [0.4, 0.5) is 20.2 Å². The molecular weight excluding hydrogens is 280 g/mol. The summed E-state index contributed by atoms with van der Waals surface area (Å²) in [4.78, 5) is 0. The predicted octanol–water partition coefficient (Wildman–Crippen LogP) is 0.536. The molecule has 1 aromatic rings. The highest BCUT2D eigenvalue weighted by atomic mass is 32.2. The second kappa shape index (κ2) is 5.27. The SMILES string of the molecule is Nc1ccc(F)c(F)c1NS(=O)(=O)N1CCOCC1. The molecule has 0 saturated carbocycles. The standard InChI is InChI=1S/C10H13F2N3O3S/c11-7-1-2-8(13)10(9(7)12)14-19(16,17)15-3-5-18-6-4-15/h1-2,14H,3-6,13H2. The monoisotopic (exact) mass is 293 g/mol. The topological polar surface area (TPSA) is 84.7 Å². The molecule has 0 unspecified atom stereocenters. The van der Waals surface area contributed by atoms with Crippen LogP contribution >= 0.6 is 0 Å². The first-order valence-corrected chi connectivity index (χ1v) is 6.95. The summed E-state index contributed by atoms with van der Waals surface area (Å²) < 4.78 is 58.7. The van der Waals surface area contributed by atoms with Crippen molar-refractivity contribution in [3.8, 4) is 0 Å². The van der Waals surface area contributed by atoms with E-state index in [1.165, 1.54) is 0 Å². The molecule has 0 radical (unpaired) electrons. The van der Waals surface area contributed by atoms with Gasteiger partial charge in [0.2, 0.25) is 0 Å². The number of halogens is 2. The smallest absolute Gasteiger partial charge is 0.301 e. The van der Waals surface area contributed by atoms with Gasteiger partial charge in [-0.05, 0) is 12.1 Å². The number of benzene rings is 1. The molecule has 9 heteroatoms. The third kappa shape index (κ3) is 2.94. The van der Waals surface area contributed by atoms with Crippen LogP contribution in [0.3, 0.4) is 0 Å². The van der Waals surface area contributed by atoms with Crippen molar-refractivity contribution in [2.75, 3.05) is 36.8 Å². The number of ether oxygens (including phenoxy) is 1. The van der Waals surface area contributed by atoms with Crippen molar-refractivity contribution in [1.29, 1.82) is 0 Å². The van der Waals surface area contributed by atoms with Crippen LogP contribution in [0.15, 0.2) is 12.1 Å². The Morgan fingerprint density at radius 2 is 1.89 bits per heavy atom. The highest BCUT2D eigenvalue weighted by Crippen LogP contribution is 2.26. The van der Waals surface area contributed by atoms with Crippen LogP contribution < -0.4 is 10.5 Å². The van der Waals surface area contributed by atoms with E-state index in [2.05, 4.69) is 0 Å². The Labute approximate surface area is 109 Å². The average molecular weight is 293 g/mol. The number of nitrogens with one attached hydrogen (secondary N) is 1. The minimum Gasteiger partial charge on any atom is -0.397 e. The lowest BCUT2D eigenvalue weighted by Gasteiger charge is -2.26. The summed E-state index contributed by atoms with van der Waals surface area (Å²) in [6, 6.07) is 1.92. The summed E-state index contributed by atoms with van der Waals surface area (Å²) in [7, 11) is -3.98. The fourth-order valence-corrected chi connectivity index (χ4v) is 2.87. The van der Waals surface area contributed by atoms with Gasteiger partial charge in [0.15, 0.2) is 11.6 Å². The molecule has 0 spiro atoms. The molecule has 19 heavy (non-hydrogen) atoms. The van der Waals surface area contributed by atoms with E-state index in [-0.39, 0.29) is 32.0 Å². The fraction of sp³-hybridized carbons (Fsp3) is 0.400. The number of hydrogen-bond donors (Lipinski definition) is 2. The number of nitrogen functional groups attached to an aromatic ring is 1. The normalized spacial score (nSPS) is 17.4. The lowest BCUT2D eigenvalue weighted by Crippen LogP contribution is -2.43. The molecule has 1 heterocycles. The van der Waals surface area contributed by atoms with E-state index in [4.69, 9.17) is 10.5 Å². The summed E-state index contributed by atoms with van der Waals surface area (Å²) in [5.41, 5.74) is 4.69. The fourth-order valence-electron chi connectivity index (χ4n) is 1.65. The van der Waals surface area contributed by atoms with E-state index in [9.17, 15) is 17.2 Å². The van der Waals surface area contributed by atoms with Gasteiger partial charge in [-0.3, -0.25) is 4.72 Å². The molecule has 6 nitrogen and oxygen atoms in total. The van der Waals surface area contributed by atoms with Crippen molar-refractivity contribution in [3.05, 3.63) is 23.8 Å². The van der Waals surface area contributed by atoms with Gasteiger partial charge in [0.25, 0.3) is 0 Å². The van der Waals surface area contributed by atoms with Crippen LogP contribution in [0.25, 0.3) is 0 Å². The molecule has 1 aliphatic heterocycles. The van der Waals surface area contributed by atoms with Crippen molar-refractivity contribution >= 4 is 21.6 Å². The Morgan fingerprint density at radius 1 is 1.26 bits per heavy atom. The van der Waals surface area contributed by atoms with Crippen molar-refractivity contribution < 1.29 is 21.9 Å². The minimum atomic E-state index is -3.98. The molecule has 1 aliphatic rings. The zero-order valence-electron chi connectivity index (χ0n) is 9.90. The van der Waals surface area contributed by atoms with Crippen LogP contribution in [0.2, 0.25) is 0 Å². The van der Waals surface area contributed by atoms with E-state index in [1.807, 2.05) is 4.72 Å². The molecule has 1 saturated heterocycles. The zero-order valence-corrected chi connectivity index (χ0v) is 10.7. The minimum absolute atomic E-state index is 0.145. The second-order valence-corrected chi connectivity index (χ2v) is 5.61. The van der Waals surface area contributed by atoms with E-state index >= 15 is 0 Å². The maximum atomic E-state index is 13.5. The van der Waals surface area contributed by atoms with Crippen molar-refractivity contribution in [3.63, 3.8) is 0 Å². The van der Waals surface area contributed by atoms with Crippen LogP contribution in [0.1, 0.15) is 0 Å². The average Bonchev–Trinajstić information content (AvgIpc) is 2.40. The van der Waals surface area contributed by atoms with Gasteiger partial charge < -0.3 is 10.5 Å². The first-order valence-electron chi connectivity index (χ1n) is 5.51. The third-order valence-electron chi connectivity index (χ3n) is 2.67. The van der Waals surface area contributed by atoms with Gasteiger partial charge in [0.1, 0.15) is 5.69 Å². The van der Waals surface area contributed by atoms with Gasteiger partial charge in [-0.15, -0.1) is 0 Å². The largest absolute Gasteiger partial charge is 0.397 e. The summed E-state index contributed by atoms with van der Waals surface area (Å²) in [6.45, 7) is 0.794. The molecule has 1 fully saturated rings. The van der Waals surface area contributed by atoms with E-state index in [0.717, 1.165) is 16.4 Å². The van der Waals surface area contributed by atoms with E-state index in [1.54, 1.807) is 0 Å². The Hall–Kier alpha value is -1.45. The first kappa shape index (κ1) is 14.0. The molecule has 0 atom stereocenters. The number of nitrogens with zero attached hydrogens (tertiary/aromatic N) is 1. The van der Waals surface area contributed by atoms with Gasteiger partial charge in [0, 0.05) is 13.1 Å². The first-order chi connectivity index (χ1) is 8.92. The van der Waals surface area contributed by atoms with Gasteiger partial charge in [-0.2, -0.15) is 12.7 Å². The van der Waals surface area contributed by atoms with Gasteiger partial charge in [-0.1, -0.05) is 0 Å². The Morgan fingerprint density at radius 3 is 2.53 bits per heavy atom. The Bertz CT molecular complexity index is 574. The number of hydrogen-bond acceptors (Lipinski definition) is 4. The maximum Gasteiger partial charge on any atom is 0.301 e. The van der Waals surface area contributed by atoms with Gasteiger partial charge in [0.05, 0.1) is 18.9 Å².